The minimum Gasteiger partial charge on any atom is -0.341 e. The van der Waals surface area contributed by atoms with Gasteiger partial charge in [0.1, 0.15) is 11.6 Å². The maximum Gasteiger partial charge on any atom is 0.326 e. The molecule has 0 saturated carbocycles. The molecule has 2 fully saturated rings. The normalized spacial score (nSPS) is 25.1. The number of nitrogens with zero attached hydrogens (tertiary/aromatic N) is 2. The summed E-state index contributed by atoms with van der Waals surface area (Å²) in [5.74, 6) is -0.560. The molecule has 2 aliphatic heterocycles. The van der Waals surface area contributed by atoms with Crippen LogP contribution in [-0.4, -0.2) is 46.8 Å². The van der Waals surface area contributed by atoms with Gasteiger partial charge in [-0.05, 0) is 50.8 Å². The van der Waals surface area contributed by atoms with E-state index in [0.29, 0.717) is 18.7 Å². The lowest BCUT2D eigenvalue weighted by Gasteiger charge is -2.32. The van der Waals surface area contributed by atoms with Crippen molar-refractivity contribution in [1.29, 1.82) is 0 Å². The molecule has 0 bridgehead atoms. The molecule has 2 aliphatic rings. The van der Waals surface area contributed by atoms with E-state index in [9.17, 15) is 14.4 Å². The third-order valence-corrected chi connectivity index (χ3v) is 5.53. The van der Waals surface area contributed by atoms with Gasteiger partial charge >= 0.3 is 6.03 Å². The highest BCUT2D eigenvalue weighted by atomic mass is 79.9. The molecule has 0 spiro atoms. The summed E-state index contributed by atoms with van der Waals surface area (Å²) in [5, 5.41) is 2.76. The number of carbonyl (C=O) groups excluding carboxylic acids is 3. The number of urea groups is 1. The summed E-state index contributed by atoms with van der Waals surface area (Å²) in [6.07, 6.45) is 3.05. The highest BCUT2D eigenvalue weighted by molar-refractivity contribution is 9.10. The van der Waals surface area contributed by atoms with Gasteiger partial charge in [0, 0.05) is 17.6 Å². The van der Waals surface area contributed by atoms with Gasteiger partial charge in [0.2, 0.25) is 5.91 Å². The molecule has 134 valence electrons. The number of amides is 4. The van der Waals surface area contributed by atoms with Crippen LogP contribution in [0.3, 0.4) is 0 Å². The van der Waals surface area contributed by atoms with Crippen molar-refractivity contribution >= 4 is 33.8 Å². The van der Waals surface area contributed by atoms with E-state index >= 15 is 0 Å². The van der Waals surface area contributed by atoms with E-state index in [0.717, 1.165) is 28.6 Å². The molecule has 2 saturated heterocycles. The number of piperidine rings is 1. The van der Waals surface area contributed by atoms with Crippen LogP contribution in [0.2, 0.25) is 0 Å². The molecule has 3 rings (SSSR count). The van der Waals surface area contributed by atoms with E-state index in [1.165, 1.54) is 0 Å². The van der Waals surface area contributed by atoms with Crippen molar-refractivity contribution in [2.24, 2.45) is 0 Å². The summed E-state index contributed by atoms with van der Waals surface area (Å²) >= 11 is 3.39. The Morgan fingerprint density at radius 3 is 2.56 bits per heavy atom. The molecule has 2 atom stereocenters. The number of hydrogen-bond acceptors (Lipinski definition) is 3. The predicted molar refractivity (Wildman–Crippen MR) is 96.8 cm³/mol. The average molecular weight is 408 g/mol. The van der Waals surface area contributed by atoms with E-state index in [-0.39, 0.29) is 5.91 Å². The van der Waals surface area contributed by atoms with E-state index in [2.05, 4.69) is 21.2 Å². The summed E-state index contributed by atoms with van der Waals surface area (Å²) in [6.45, 7) is 4.68. The number of carbonyl (C=O) groups is 3. The van der Waals surface area contributed by atoms with Crippen LogP contribution >= 0.6 is 15.9 Å². The van der Waals surface area contributed by atoms with Crippen LogP contribution in [0.1, 0.15) is 38.7 Å². The Bertz CT molecular complexity index is 717. The molecule has 1 aromatic carbocycles. The van der Waals surface area contributed by atoms with Gasteiger partial charge in [-0.2, -0.15) is 0 Å². The number of nitrogens with one attached hydrogen (secondary N) is 1. The van der Waals surface area contributed by atoms with E-state index in [1.54, 1.807) is 30.9 Å². The van der Waals surface area contributed by atoms with Gasteiger partial charge in [0.05, 0.1) is 0 Å². The van der Waals surface area contributed by atoms with Gasteiger partial charge < -0.3 is 10.2 Å². The summed E-state index contributed by atoms with van der Waals surface area (Å²) in [7, 11) is 0. The third kappa shape index (κ3) is 3.17. The maximum absolute atomic E-state index is 13.0. The number of likely N-dealkylation sites (tertiary alicyclic amines) is 1. The van der Waals surface area contributed by atoms with Crippen molar-refractivity contribution in [2.45, 2.75) is 44.7 Å². The topological polar surface area (TPSA) is 69.7 Å². The van der Waals surface area contributed by atoms with Gasteiger partial charge in [-0.1, -0.05) is 28.1 Å². The Kier molecular flexibility index (Phi) is 4.86. The van der Waals surface area contributed by atoms with Gasteiger partial charge in [-0.3, -0.25) is 9.59 Å². The SMILES string of the molecule is C[C@H](C(=O)N1CCCCC1)N1C(=O)N[C@](C)(c2cccc(Br)c2)C1=O. The standard InChI is InChI=1S/C18H22BrN3O3/c1-12(15(23)21-9-4-3-5-10-21)22-16(24)18(2,20-17(22)25)13-7-6-8-14(19)11-13/h6-8,11-12H,3-5,9-10H2,1-2H3,(H,20,25)/t12-,18-/m1/s1. The number of benzene rings is 1. The zero-order valence-electron chi connectivity index (χ0n) is 14.4. The van der Waals surface area contributed by atoms with Crippen LogP contribution in [0.5, 0.6) is 0 Å². The van der Waals surface area contributed by atoms with E-state index < -0.39 is 23.5 Å². The zero-order valence-corrected chi connectivity index (χ0v) is 16.0. The molecule has 1 N–H and O–H groups in total. The van der Waals surface area contributed by atoms with E-state index in [1.807, 2.05) is 12.1 Å². The number of hydrogen-bond donors (Lipinski definition) is 1. The van der Waals surface area contributed by atoms with Crippen LogP contribution in [0.15, 0.2) is 28.7 Å². The second kappa shape index (κ2) is 6.78. The number of imide groups is 1. The highest BCUT2D eigenvalue weighted by Gasteiger charge is 2.52. The van der Waals surface area contributed by atoms with Gasteiger partial charge in [0.25, 0.3) is 5.91 Å². The quantitative estimate of drug-likeness (QED) is 0.782. The van der Waals surface area contributed by atoms with Crippen molar-refractivity contribution in [3.8, 4) is 0 Å². The molecular weight excluding hydrogens is 386 g/mol. The molecule has 0 aliphatic carbocycles. The minimum absolute atomic E-state index is 0.165. The molecule has 0 unspecified atom stereocenters. The van der Waals surface area contributed by atoms with Crippen molar-refractivity contribution in [3.05, 3.63) is 34.3 Å². The molecule has 1 aromatic rings. The van der Waals surface area contributed by atoms with Gasteiger partial charge in [0.15, 0.2) is 0 Å². The zero-order chi connectivity index (χ0) is 18.2. The minimum atomic E-state index is -1.17. The number of halogens is 1. The summed E-state index contributed by atoms with van der Waals surface area (Å²) in [5.41, 5.74) is -0.488. The van der Waals surface area contributed by atoms with Crippen LogP contribution in [0.25, 0.3) is 0 Å². The first-order valence-electron chi connectivity index (χ1n) is 8.55. The summed E-state index contributed by atoms with van der Waals surface area (Å²) in [6, 6.07) is 5.94. The van der Waals surface area contributed by atoms with Crippen LogP contribution in [-0.2, 0) is 15.1 Å². The smallest absolute Gasteiger partial charge is 0.326 e. The first-order valence-corrected chi connectivity index (χ1v) is 9.34. The first-order chi connectivity index (χ1) is 11.8. The van der Waals surface area contributed by atoms with Crippen molar-refractivity contribution < 1.29 is 14.4 Å². The Balaban J connectivity index is 1.84. The Morgan fingerprint density at radius 1 is 1.24 bits per heavy atom. The lowest BCUT2D eigenvalue weighted by atomic mass is 9.92. The molecule has 0 aromatic heterocycles. The van der Waals surface area contributed by atoms with Gasteiger partial charge in [-0.15, -0.1) is 0 Å². The summed E-state index contributed by atoms with van der Waals surface area (Å²) < 4.78 is 0.823. The van der Waals surface area contributed by atoms with Crippen molar-refractivity contribution in [3.63, 3.8) is 0 Å². The fourth-order valence-electron chi connectivity index (χ4n) is 3.50. The molecule has 4 amide bonds. The van der Waals surface area contributed by atoms with Crippen molar-refractivity contribution in [2.75, 3.05) is 13.1 Å². The number of rotatable bonds is 3. The molecular formula is C18H22BrN3O3. The van der Waals surface area contributed by atoms with Crippen LogP contribution in [0.4, 0.5) is 4.79 Å². The lowest BCUT2D eigenvalue weighted by molar-refractivity contribution is -0.143. The molecule has 2 heterocycles. The summed E-state index contributed by atoms with van der Waals surface area (Å²) in [4.78, 5) is 41.1. The average Bonchev–Trinajstić information content (AvgIpc) is 2.84. The fourth-order valence-corrected chi connectivity index (χ4v) is 3.90. The fraction of sp³-hybridized carbons (Fsp3) is 0.500. The molecule has 25 heavy (non-hydrogen) atoms. The Labute approximate surface area is 155 Å². The third-order valence-electron chi connectivity index (χ3n) is 5.04. The first kappa shape index (κ1) is 17.9. The maximum atomic E-state index is 13.0. The Morgan fingerprint density at radius 2 is 1.92 bits per heavy atom. The second-order valence-electron chi connectivity index (χ2n) is 6.80. The van der Waals surface area contributed by atoms with Crippen molar-refractivity contribution in [1.82, 2.24) is 15.1 Å². The molecule has 0 radical (unpaired) electrons. The molecule has 6 nitrogen and oxygen atoms in total. The monoisotopic (exact) mass is 407 g/mol. The second-order valence-corrected chi connectivity index (χ2v) is 7.72. The van der Waals surface area contributed by atoms with Crippen LogP contribution in [0, 0.1) is 0 Å². The van der Waals surface area contributed by atoms with Crippen LogP contribution < -0.4 is 5.32 Å². The lowest BCUT2D eigenvalue weighted by Crippen LogP contribution is -2.51. The highest BCUT2D eigenvalue weighted by Crippen LogP contribution is 2.31. The Hall–Kier alpha value is -1.89. The largest absolute Gasteiger partial charge is 0.341 e. The van der Waals surface area contributed by atoms with E-state index in [4.69, 9.17) is 0 Å². The van der Waals surface area contributed by atoms with Gasteiger partial charge in [-0.25, -0.2) is 9.69 Å². The molecule has 7 heteroatoms. The predicted octanol–water partition coefficient (Wildman–Crippen LogP) is 2.62.